The number of halogens is 2. The standard InChI is InChI=1S/C9H8Cl2N4/c10-8-6-9(14-15(11)13-8)12-7-4-2-1-3-5-7/h1-6,13H,(H,12,14). The van der Waals surface area contributed by atoms with E-state index < -0.39 is 0 Å². The second kappa shape index (κ2) is 4.53. The molecule has 78 valence electrons. The van der Waals surface area contributed by atoms with Gasteiger partial charge < -0.3 is 0 Å². The van der Waals surface area contributed by atoms with Gasteiger partial charge in [-0.05, 0) is 16.8 Å². The van der Waals surface area contributed by atoms with Crippen molar-refractivity contribution in [3.8, 4) is 0 Å². The number of hydrogen-bond acceptors (Lipinski definition) is 3. The SMILES string of the molecule is ClC1=CC(=Nc2ccccc2)NN(Cl)N1. The van der Waals surface area contributed by atoms with Crippen LogP contribution in [-0.4, -0.2) is 10.5 Å². The first kappa shape index (κ1) is 10.3. The van der Waals surface area contributed by atoms with Crippen LogP contribution >= 0.6 is 23.4 Å². The number of hydrazine groups is 2. The molecule has 0 radical (unpaired) electrons. The van der Waals surface area contributed by atoms with Crippen molar-refractivity contribution < 1.29 is 0 Å². The van der Waals surface area contributed by atoms with Gasteiger partial charge in [0, 0.05) is 17.9 Å². The third-order valence-corrected chi connectivity index (χ3v) is 2.05. The van der Waals surface area contributed by atoms with Gasteiger partial charge in [-0.1, -0.05) is 29.8 Å². The van der Waals surface area contributed by atoms with Crippen molar-refractivity contribution in [2.45, 2.75) is 0 Å². The maximum atomic E-state index is 5.78. The average Bonchev–Trinajstić information content (AvgIpc) is 2.17. The van der Waals surface area contributed by atoms with Crippen molar-refractivity contribution in [2.24, 2.45) is 4.99 Å². The lowest BCUT2D eigenvalue weighted by atomic mass is 10.3. The summed E-state index contributed by atoms with van der Waals surface area (Å²) in [7, 11) is 0. The summed E-state index contributed by atoms with van der Waals surface area (Å²) in [5.74, 6) is 0.569. The molecule has 0 atom stereocenters. The Morgan fingerprint density at radius 3 is 2.53 bits per heavy atom. The van der Waals surface area contributed by atoms with Crippen LogP contribution in [0.25, 0.3) is 0 Å². The van der Waals surface area contributed by atoms with E-state index in [9.17, 15) is 0 Å². The van der Waals surface area contributed by atoms with Crippen LogP contribution in [0.5, 0.6) is 0 Å². The number of nitrogens with zero attached hydrogens (tertiary/aromatic N) is 2. The summed E-state index contributed by atoms with van der Waals surface area (Å²) in [6.07, 6.45) is 1.65. The number of hydrogen-bond donors (Lipinski definition) is 2. The van der Waals surface area contributed by atoms with Gasteiger partial charge in [-0.2, -0.15) is 0 Å². The molecule has 6 heteroatoms. The largest absolute Gasteiger partial charge is 0.276 e. The Kier molecular flexibility index (Phi) is 3.11. The number of nitrogens with one attached hydrogen (secondary N) is 2. The average molecular weight is 243 g/mol. The second-order valence-corrected chi connectivity index (χ2v) is 3.57. The van der Waals surface area contributed by atoms with Crippen LogP contribution in [-0.2, 0) is 0 Å². The first-order valence-electron chi connectivity index (χ1n) is 4.24. The Bertz CT molecular complexity index is 402. The molecule has 0 aliphatic carbocycles. The maximum absolute atomic E-state index is 5.78. The normalized spacial score (nSPS) is 19.3. The summed E-state index contributed by atoms with van der Waals surface area (Å²) < 4.78 is 1.12. The zero-order valence-electron chi connectivity index (χ0n) is 7.61. The molecule has 4 nitrogen and oxygen atoms in total. The van der Waals surface area contributed by atoms with Gasteiger partial charge in [0.1, 0.15) is 11.0 Å². The fraction of sp³-hybridized carbons (Fsp3) is 0. The summed E-state index contributed by atoms with van der Waals surface area (Å²) in [5.41, 5.74) is 6.23. The van der Waals surface area contributed by atoms with E-state index in [2.05, 4.69) is 15.8 Å². The van der Waals surface area contributed by atoms with E-state index in [1.54, 1.807) is 6.08 Å². The predicted octanol–water partition coefficient (Wildman–Crippen LogP) is 2.28. The van der Waals surface area contributed by atoms with Crippen molar-refractivity contribution in [1.29, 1.82) is 0 Å². The molecule has 2 rings (SSSR count). The van der Waals surface area contributed by atoms with Crippen molar-refractivity contribution >= 4 is 34.9 Å². The molecule has 0 aromatic heterocycles. The lowest BCUT2D eigenvalue weighted by Gasteiger charge is -2.21. The van der Waals surface area contributed by atoms with E-state index >= 15 is 0 Å². The van der Waals surface area contributed by atoms with E-state index in [0.29, 0.717) is 11.0 Å². The number of para-hydroxylation sites is 1. The summed E-state index contributed by atoms with van der Waals surface area (Å²) >= 11 is 11.5. The van der Waals surface area contributed by atoms with Gasteiger partial charge in [0.15, 0.2) is 0 Å². The van der Waals surface area contributed by atoms with Gasteiger partial charge >= 0.3 is 0 Å². The molecule has 15 heavy (non-hydrogen) atoms. The van der Waals surface area contributed by atoms with Crippen LogP contribution in [0.1, 0.15) is 0 Å². The van der Waals surface area contributed by atoms with Gasteiger partial charge in [-0.15, -0.1) is 0 Å². The molecule has 0 fully saturated rings. The molecule has 1 aromatic carbocycles. The third-order valence-electron chi connectivity index (χ3n) is 1.69. The van der Waals surface area contributed by atoms with Crippen LogP contribution in [0.4, 0.5) is 5.69 Å². The number of rotatable bonds is 1. The quantitative estimate of drug-likeness (QED) is 0.587. The first-order valence-corrected chi connectivity index (χ1v) is 4.96. The Hall–Kier alpha value is -1.23. The minimum atomic E-state index is 0.401. The molecule has 0 amide bonds. The zero-order valence-corrected chi connectivity index (χ0v) is 9.13. The van der Waals surface area contributed by atoms with Crippen molar-refractivity contribution in [2.75, 3.05) is 0 Å². The van der Waals surface area contributed by atoms with Gasteiger partial charge in [0.2, 0.25) is 0 Å². The van der Waals surface area contributed by atoms with Crippen LogP contribution in [0.15, 0.2) is 46.6 Å². The topological polar surface area (TPSA) is 39.7 Å². The molecular formula is C9H8Cl2N4. The maximum Gasteiger partial charge on any atom is 0.146 e. The molecule has 1 aliphatic rings. The zero-order chi connectivity index (χ0) is 10.7. The van der Waals surface area contributed by atoms with E-state index in [0.717, 1.165) is 10.3 Å². The summed E-state index contributed by atoms with van der Waals surface area (Å²) in [6.45, 7) is 0. The summed E-state index contributed by atoms with van der Waals surface area (Å²) in [5, 5.41) is 0.401. The molecule has 1 heterocycles. The molecule has 0 unspecified atom stereocenters. The fourth-order valence-corrected chi connectivity index (χ4v) is 1.51. The number of aliphatic imine (C=N–C) groups is 1. The van der Waals surface area contributed by atoms with Gasteiger partial charge in [-0.25, -0.2) is 4.99 Å². The minimum absolute atomic E-state index is 0.401. The highest BCUT2D eigenvalue weighted by atomic mass is 35.5. The predicted molar refractivity (Wildman–Crippen MR) is 61.4 cm³/mol. The Morgan fingerprint density at radius 1 is 1.13 bits per heavy atom. The molecule has 0 spiro atoms. The monoisotopic (exact) mass is 242 g/mol. The smallest absolute Gasteiger partial charge is 0.146 e. The van der Waals surface area contributed by atoms with Gasteiger partial charge in [-0.3, -0.25) is 10.9 Å². The fourth-order valence-electron chi connectivity index (χ4n) is 1.11. The first-order chi connectivity index (χ1) is 7.24. The van der Waals surface area contributed by atoms with E-state index in [-0.39, 0.29) is 0 Å². The van der Waals surface area contributed by atoms with E-state index in [4.69, 9.17) is 23.4 Å². The highest BCUT2D eigenvalue weighted by molar-refractivity contribution is 6.31. The Morgan fingerprint density at radius 2 is 1.87 bits per heavy atom. The Balaban J connectivity index is 2.24. The second-order valence-electron chi connectivity index (χ2n) is 2.83. The van der Waals surface area contributed by atoms with Crippen molar-refractivity contribution in [1.82, 2.24) is 15.5 Å². The molecule has 0 saturated heterocycles. The van der Waals surface area contributed by atoms with E-state index in [1.807, 2.05) is 30.3 Å². The number of benzene rings is 1. The third kappa shape index (κ3) is 2.86. The lowest BCUT2D eigenvalue weighted by molar-refractivity contribution is 0.338. The molecular weight excluding hydrogens is 235 g/mol. The molecule has 0 saturated carbocycles. The van der Waals surface area contributed by atoms with Gasteiger partial charge in [0.05, 0.1) is 5.69 Å². The lowest BCUT2D eigenvalue weighted by Crippen LogP contribution is -2.46. The van der Waals surface area contributed by atoms with Crippen LogP contribution in [0.2, 0.25) is 0 Å². The van der Waals surface area contributed by atoms with Crippen LogP contribution < -0.4 is 10.9 Å². The van der Waals surface area contributed by atoms with Crippen molar-refractivity contribution in [3.05, 3.63) is 41.6 Å². The molecule has 1 aromatic rings. The Labute approximate surface area is 97.2 Å². The van der Waals surface area contributed by atoms with Crippen LogP contribution in [0.3, 0.4) is 0 Å². The highest BCUT2D eigenvalue weighted by Gasteiger charge is 2.10. The molecule has 2 N–H and O–H groups in total. The molecule has 1 aliphatic heterocycles. The summed E-state index contributed by atoms with van der Waals surface area (Å²) in [4.78, 5) is 4.30. The van der Waals surface area contributed by atoms with E-state index in [1.165, 1.54) is 0 Å². The molecule has 0 bridgehead atoms. The van der Waals surface area contributed by atoms with Gasteiger partial charge in [0.25, 0.3) is 0 Å². The highest BCUT2D eigenvalue weighted by Crippen LogP contribution is 2.12. The minimum Gasteiger partial charge on any atom is -0.276 e. The van der Waals surface area contributed by atoms with Crippen LogP contribution in [0, 0.1) is 0 Å². The van der Waals surface area contributed by atoms with Crippen molar-refractivity contribution in [3.63, 3.8) is 0 Å². The summed E-state index contributed by atoms with van der Waals surface area (Å²) in [6, 6.07) is 9.51. The number of amidine groups is 1.